The number of ketones is 1. The van der Waals surface area contributed by atoms with Crippen LogP contribution in [-0.2, 0) is 9.59 Å². The zero-order valence-electron chi connectivity index (χ0n) is 11.1. The molecular weight excluding hydrogens is 228 g/mol. The first kappa shape index (κ1) is 13.1. The summed E-state index contributed by atoms with van der Waals surface area (Å²) in [6.45, 7) is 5.97. The summed E-state index contributed by atoms with van der Waals surface area (Å²) in [5, 5.41) is 9.11. The van der Waals surface area contributed by atoms with Gasteiger partial charge in [0.25, 0.3) is 0 Å². The van der Waals surface area contributed by atoms with Crippen LogP contribution in [-0.4, -0.2) is 16.9 Å². The molecule has 0 aliphatic heterocycles. The molecule has 0 aromatic carbocycles. The van der Waals surface area contributed by atoms with Gasteiger partial charge in [-0.2, -0.15) is 0 Å². The number of carbonyl (C=O) groups excluding carboxylic acids is 1. The van der Waals surface area contributed by atoms with E-state index in [0.29, 0.717) is 12.3 Å². The van der Waals surface area contributed by atoms with Gasteiger partial charge in [0.2, 0.25) is 0 Å². The molecule has 0 saturated carbocycles. The molecule has 1 N–H and O–H groups in total. The minimum Gasteiger partial charge on any atom is -0.481 e. The summed E-state index contributed by atoms with van der Waals surface area (Å²) >= 11 is 0. The molecule has 18 heavy (non-hydrogen) atoms. The van der Waals surface area contributed by atoms with Gasteiger partial charge in [0.15, 0.2) is 5.78 Å². The highest BCUT2D eigenvalue weighted by atomic mass is 16.4. The number of allylic oxidation sites excluding steroid dienone is 4. The monoisotopic (exact) mass is 248 g/mol. The van der Waals surface area contributed by atoms with Crippen LogP contribution in [0.3, 0.4) is 0 Å². The van der Waals surface area contributed by atoms with Crippen LogP contribution in [0.5, 0.6) is 0 Å². The number of carboxylic acid groups (broad SMARTS) is 1. The first-order valence-corrected chi connectivity index (χ1v) is 6.51. The highest BCUT2D eigenvalue weighted by molar-refractivity contribution is 5.96. The lowest BCUT2D eigenvalue weighted by Gasteiger charge is -2.44. The molecule has 0 heterocycles. The van der Waals surface area contributed by atoms with Crippen LogP contribution in [0, 0.1) is 23.2 Å². The highest BCUT2D eigenvalue weighted by Gasteiger charge is 2.45. The Kier molecular flexibility index (Phi) is 3.18. The number of aliphatic carboxylic acids is 1. The molecular formula is C15H20O3. The van der Waals surface area contributed by atoms with Crippen LogP contribution in [0.15, 0.2) is 23.8 Å². The van der Waals surface area contributed by atoms with Crippen LogP contribution in [0.2, 0.25) is 0 Å². The van der Waals surface area contributed by atoms with Crippen molar-refractivity contribution in [3.63, 3.8) is 0 Å². The minimum atomic E-state index is -0.882. The molecule has 0 aromatic rings. The van der Waals surface area contributed by atoms with Gasteiger partial charge in [0.05, 0.1) is 5.92 Å². The quantitative estimate of drug-likeness (QED) is 0.817. The molecule has 0 amide bonds. The lowest BCUT2D eigenvalue weighted by Crippen LogP contribution is -2.41. The van der Waals surface area contributed by atoms with Gasteiger partial charge in [0, 0.05) is 5.92 Å². The molecule has 0 radical (unpaired) electrons. The molecule has 0 fully saturated rings. The maximum absolute atomic E-state index is 12.1. The Morgan fingerprint density at radius 1 is 1.56 bits per heavy atom. The molecule has 4 atom stereocenters. The summed E-state index contributed by atoms with van der Waals surface area (Å²) in [6.07, 6.45) is 7.44. The van der Waals surface area contributed by atoms with E-state index in [1.165, 1.54) is 0 Å². The van der Waals surface area contributed by atoms with Crippen LogP contribution in [0.1, 0.15) is 33.6 Å². The average Bonchev–Trinajstić information content (AvgIpc) is 2.30. The van der Waals surface area contributed by atoms with Crippen molar-refractivity contribution >= 4 is 11.8 Å². The number of rotatable bonds is 2. The molecule has 2 rings (SSSR count). The Bertz CT molecular complexity index is 447. The third-order valence-electron chi connectivity index (χ3n) is 4.83. The van der Waals surface area contributed by atoms with Crippen molar-refractivity contribution in [3.8, 4) is 0 Å². The fourth-order valence-corrected chi connectivity index (χ4v) is 3.08. The number of fused-ring (bicyclic) bond motifs is 1. The fraction of sp³-hybridized carbons (Fsp3) is 0.600. The van der Waals surface area contributed by atoms with Gasteiger partial charge in [-0.1, -0.05) is 32.9 Å². The van der Waals surface area contributed by atoms with Crippen LogP contribution in [0.25, 0.3) is 0 Å². The van der Waals surface area contributed by atoms with Gasteiger partial charge >= 0.3 is 5.97 Å². The van der Waals surface area contributed by atoms with E-state index in [2.05, 4.69) is 19.9 Å². The summed E-state index contributed by atoms with van der Waals surface area (Å²) < 4.78 is 0. The van der Waals surface area contributed by atoms with Crippen molar-refractivity contribution in [1.82, 2.24) is 0 Å². The average molecular weight is 248 g/mol. The minimum absolute atomic E-state index is 0.0314. The number of carbonyl (C=O) groups is 2. The van der Waals surface area contributed by atoms with Crippen molar-refractivity contribution in [3.05, 3.63) is 23.8 Å². The van der Waals surface area contributed by atoms with Crippen molar-refractivity contribution in [2.75, 3.05) is 0 Å². The first-order valence-electron chi connectivity index (χ1n) is 6.51. The normalized spacial score (nSPS) is 36.8. The van der Waals surface area contributed by atoms with Crippen LogP contribution >= 0.6 is 0 Å². The molecule has 3 heteroatoms. The maximum Gasteiger partial charge on any atom is 0.306 e. The molecule has 0 bridgehead atoms. The topological polar surface area (TPSA) is 54.4 Å². The van der Waals surface area contributed by atoms with Crippen molar-refractivity contribution < 1.29 is 14.7 Å². The van der Waals surface area contributed by atoms with Gasteiger partial charge in [-0.15, -0.1) is 0 Å². The smallest absolute Gasteiger partial charge is 0.306 e. The third kappa shape index (κ3) is 1.92. The fourth-order valence-electron chi connectivity index (χ4n) is 3.08. The van der Waals surface area contributed by atoms with Gasteiger partial charge in [0.1, 0.15) is 0 Å². The van der Waals surface area contributed by atoms with E-state index in [1.807, 2.05) is 6.08 Å². The van der Waals surface area contributed by atoms with E-state index in [9.17, 15) is 9.59 Å². The van der Waals surface area contributed by atoms with Crippen molar-refractivity contribution in [2.24, 2.45) is 23.2 Å². The second kappa shape index (κ2) is 4.38. The molecule has 98 valence electrons. The predicted molar refractivity (Wildman–Crippen MR) is 69.0 cm³/mol. The predicted octanol–water partition coefficient (Wildman–Crippen LogP) is 2.82. The number of hydrogen-bond donors (Lipinski definition) is 1. The van der Waals surface area contributed by atoms with Crippen LogP contribution < -0.4 is 0 Å². The Balaban J connectivity index is 2.38. The van der Waals surface area contributed by atoms with Crippen molar-refractivity contribution in [1.29, 1.82) is 0 Å². The van der Waals surface area contributed by atoms with E-state index in [0.717, 1.165) is 12.0 Å². The molecule has 0 saturated heterocycles. The number of hydrogen-bond acceptors (Lipinski definition) is 2. The Morgan fingerprint density at radius 3 is 2.83 bits per heavy atom. The molecule has 2 aliphatic rings. The lowest BCUT2D eigenvalue weighted by molar-refractivity contribution is -0.146. The van der Waals surface area contributed by atoms with Gasteiger partial charge in [-0.25, -0.2) is 0 Å². The standard InChI is InChI=1S/C15H20O3/c1-9-5-4-6-11-7-13(16)12(8-15(9,11)3)10(2)14(17)18/h4,6-7,9-10,12H,5,8H2,1-3H3,(H,17,18)/t9-,10+,12-,15+/m0/s1. The first-order chi connectivity index (χ1) is 8.36. The zero-order chi connectivity index (χ0) is 13.5. The van der Waals surface area contributed by atoms with Gasteiger partial charge < -0.3 is 5.11 Å². The Morgan fingerprint density at radius 2 is 2.22 bits per heavy atom. The summed E-state index contributed by atoms with van der Waals surface area (Å²) in [4.78, 5) is 23.2. The molecule has 2 aliphatic carbocycles. The highest BCUT2D eigenvalue weighted by Crippen LogP contribution is 2.50. The number of carboxylic acids is 1. The zero-order valence-corrected chi connectivity index (χ0v) is 11.1. The Hall–Kier alpha value is -1.38. The largest absolute Gasteiger partial charge is 0.481 e. The molecule has 3 nitrogen and oxygen atoms in total. The second-order valence-electron chi connectivity index (χ2n) is 5.90. The van der Waals surface area contributed by atoms with E-state index in [-0.39, 0.29) is 17.1 Å². The van der Waals surface area contributed by atoms with Gasteiger partial charge in [-0.3, -0.25) is 9.59 Å². The van der Waals surface area contributed by atoms with Gasteiger partial charge in [-0.05, 0) is 35.8 Å². The Labute approximate surface area is 108 Å². The summed E-state index contributed by atoms with van der Waals surface area (Å²) in [6, 6.07) is 0. The summed E-state index contributed by atoms with van der Waals surface area (Å²) in [5.41, 5.74) is 1.01. The van der Waals surface area contributed by atoms with Crippen molar-refractivity contribution in [2.45, 2.75) is 33.6 Å². The van der Waals surface area contributed by atoms with E-state index < -0.39 is 11.9 Å². The lowest BCUT2D eigenvalue weighted by atomic mass is 9.59. The van der Waals surface area contributed by atoms with E-state index in [1.54, 1.807) is 13.0 Å². The third-order valence-corrected chi connectivity index (χ3v) is 4.83. The van der Waals surface area contributed by atoms with Crippen LogP contribution in [0.4, 0.5) is 0 Å². The SMILES string of the molecule is C[C@@H](C(=O)O)[C@@H]1C[C@@]2(C)C(=CC1=O)C=CC[C@@H]2C. The maximum atomic E-state index is 12.1. The summed E-state index contributed by atoms with van der Waals surface area (Å²) in [7, 11) is 0. The van der Waals surface area contributed by atoms with E-state index in [4.69, 9.17) is 5.11 Å². The van der Waals surface area contributed by atoms with E-state index >= 15 is 0 Å². The second-order valence-corrected chi connectivity index (χ2v) is 5.90. The summed E-state index contributed by atoms with van der Waals surface area (Å²) in [5.74, 6) is -1.45. The molecule has 0 unspecified atom stereocenters. The molecule has 0 aromatic heterocycles. The molecule has 0 spiro atoms.